The fraction of sp³-hybridized carbons (Fsp3) is 0.375. The van der Waals surface area contributed by atoms with Crippen LogP contribution in [0.1, 0.15) is 11.3 Å². The molecule has 0 bridgehead atoms. The van der Waals surface area contributed by atoms with Gasteiger partial charge in [0.2, 0.25) is 0 Å². The maximum atomic E-state index is 12.3. The van der Waals surface area contributed by atoms with Crippen LogP contribution in [-0.2, 0) is 12.6 Å². The predicted molar refractivity (Wildman–Crippen MR) is 51.7 cm³/mol. The molecule has 0 aliphatic heterocycles. The van der Waals surface area contributed by atoms with E-state index in [9.17, 15) is 13.2 Å². The van der Waals surface area contributed by atoms with Crippen LogP contribution in [0, 0.1) is 0 Å². The Labute approximate surface area is 92.4 Å². The van der Waals surface area contributed by atoms with Crippen LogP contribution in [-0.4, -0.2) is 10.3 Å². The SMILES string of the molecule is FC(F)(F)c1cc(Cl)nc(CCBr)c1. The minimum Gasteiger partial charge on any atom is -0.241 e. The minimum atomic E-state index is -4.37. The molecule has 14 heavy (non-hydrogen) atoms. The van der Waals surface area contributed by atoms with Gasteiger partial charge in [-0.2, -0.15) is 13.2 Å². The van der Waals surface area contributed by atoms with Crippen LogP contribution in [0.15, 0.2) is 12.1 Å². The summed E-state index contributed by atoms with van der Waals surface area (Å²) < 4.78 is 36.9. The van der Waals surface area contributed by atoms with Crippen LogP contribution in [0.3, 0.4) is 0 Å². The van der Waals surface area contributed by atoms with Crippen LogP contribution >= 0.6 is 27.5 Å². The molecule has 1 nitrogen and oxygen atoms in total. The van der Waals surface area contributed by atoms with Gasteiger partial charge >= 0.3 is 6.18 Å². The topological polar surface area (TPSA) is 12.9 Å². The van der Waals surface area contributed by atoms with E-state index in [-0.39, 0.29) is 5.15 Å². The van der Waals surface area contributed by atoms with Crippen molar-refractivity contribution in [3.05, 3.63) is 28.5 Å². The summed E-state index contributed by atoms with van der Waals surface area (Å²) in [6.45, 7) is 0. The third kappa shape index (κ3) is 3.13. The Kier molecular flexibility index (Phi) is 3.78. The van der Waals surface area contributed by atoms with Crippen molar-refractivity contribution in [1.82, 2.24) is 4.98 Å². The highest BCUT2D eigenvalue weighted by molar-refractivity contribution is 9.09. The van der Waals surface area contributed by atoms with Crippen molar-refractivity contribution in [3.8, 4) is 0 Å². The van der Waals surface area contributed by atoms with Crippen molar-refractivity contribution < 1.29 is 13.2 Å². The van der Waals surface area contributed by atoms with Crippen LogP contribution in [0.4, 0.5) is 13.2 Å². The third-order valence-electron chi connectivity index (χ3n) is 1.53. The lowest BCUT2D eigenvalue weighted by Gasteiger charge is -2.08. The summed E-state index contributed by atoms with van der Waals surface area (Å²) >= 11 is 8.59. The molecule has 0 atom stereocenters. The van der Waals surface area contributed by atoms with Gasteiger partial charge in [-0.3, -0.25) is 0 Å². The predicted octanol–water partition coefficient (Wildman–Crippen LogP) is 3.69. The largest absolute Gasteiger partial charge is 0.416 e. The second-order valence-electron chi connectivity index (χ2n) is 2.61. The van der Waals surface area contributed by atoms with Crippen molar-refractivity contribution in [2.45, 2.75) is 12.6 Å². The maximum absolute atomic E-state index is 12.3. The molecule has 6 heteroatoms. The van der Waals surface area contributed by atoms with Crippen molar-refractivity contribution in [3.63, 3.8) is 0 Å². The number of pyridine rings is 1. The Morgan fingerprint density at radius 3 is 2.50 bits per heavy atom. The van der Waals surface area contributed by atoms with Gasteiger partial charge in [0.1, 0.15) is 5.15 Å². The highest BCUT2D eigenvalue weighted by Gasteiger charge is 2.31. The number of rotatable bonds is 2. The van der Waals surface area contributed by atoms with Gasteiger partial charge in [0.25, 0.3) is 0 Å². The van der Waals surface area contributed by atoms with Gasteiger partial charge in [-0.15, -0.1) is 0 Å². The fourth-order valence-electron chi connectivity index (χ4n) is 0.940. The summed E-state index contributed by atoms with van der Waals surface area (Å²) in [6, 6.07) is 1.83. The van der Waals surface area contributed by atoms with E-state index >= 15 is 0 Å². The molecule has 1 rings (SSSR count). The molecule has 78 valence electrons. The normalized spacial score (nSPS) is 11.8. The number of hydrogen-bond acceptors (Lipinski definition) is 1. The molecule has 0 saturated carbocycles. The van der Waals surface area contributed by atoms with Crippen LogP contribution < -0.4 is 0 Å². The average Bonchev–Trinajstić information content (AvgIpc) is 2.02. The molecular weight excluding hydrogens is 282 g/mol. The van der Waals surface area contributed by atoms with Crippen molar-refractivity contribution in [2.24, 2.45) is 0 Å². The molecule has 0 spiro atoms. The zero-order chi connectivity index (χ0) is 10.8. The summed E-state index contributed by atoms with van der Waals surface area (Å²) in [5.41, 5.74) is -0.421. The van der Waals surface area contributed by atoms with E-state index in [0.29, 0.717) is 17.4 Å². The summed E-state index contributed by atoms with van der Waals surface area (Å²) in [6.07, 6.45) is -3.95. The average molecular weight is 288 g/mol. The van der Waals surface area contributed by atoms with Gasteiger partial charge in [0.15, 0.2) is 0 Å². The zero-order valence-corrected chi connectivity index (χ0v) is 9.25. The molecule has 1 heterocycles. The van der Waals surface area contributed by atoms with E-state index in [1.54, 1.807) is 0 Å². The Hall–Kier alpha value is -0.290. The van der Waals surface area contributed by atoms with Crippen LogP contribution in [0.2, 0.25) is 5.15 Å². The molecule has 0 fully saturated rings. The minimum absolute atomic E-state index is 0.129. The van der Waals surface area contributed by atoms with Gasteiger partial charge in [-0.25, -0.2) is 4.98 Å². The Morgan fingerprint density at radius 1 is 1.36 bits per heavy atom. The van der Waals surface area contributed by atoms with Gasteiger partial charge in [0, 0.05) is 11.0 Å². The molecule has 0 N–H and O–H groups in total. The molecule has 1 aromatic heterocycles. The van der Waals surface area contributed by atoms with Gasteiger partial charge in [-0.1, -0.05) is 27.5 Å². The molecule has 1 aromatic rings. The van der Waals surface area contributed by atoms with Crippen molar-refractivity contribution in [2.75, 3.05) is 5.33 Å². The molecule has 0 unspecified atom stereocenters. The number of nitrogens with zero attached hydrogens (tertiary/aromatic N) is 1. The second-order valence-corrected chi connectivity index (χ2v) is 3.79. The molecule has 0 aromatic carbocycles. The Bertz CT molecular complexity index is 327. The summed E-state index contributed by atoms with van der Waals surface area (Å²) in [7, 11) is 0. The monoisotopic (exact) mass is 287 g/mol. The standard InChI is InChI=1S/C8H6BrClF3N/c9-2-1-6-3-5(8(11,12)13)4-7(10)14-6/h3-4H,1-2H2. The number of alkyl halides is 4. The zero-order valence-electron chi connectivity index (χ0n) is 6.91. The quantitative estimate of drug-likeness (QED) is 0.597. The number of hydrogen-bond donors (Lipinski definition) is 0. The van der Waals surface area contributed by atoms with Crippen LogP contribution in [0.25, 0.3) is 0 Å². The lowest BCUT2D eigenvalue weighted by Crippen LogP contribution is -2.07. The molecule has 0 aliphatic rings. The van der Waals surface area contributed by atoms with E-state index < -0.39 is 11.7 Å². The Balaban J connectivity index is 3.07. The summed E-state index contributed by atoms with van der Waals surface area (Å²) in [4.78, 5) is 3.77. The summed E-state index contributed by atoms with van der Waals surface area (Å²) in [5.74, 6) is 0. The first-order valence-corrected chi connectivity index (χ1v) is 5.23. The molecule has 0 aliphatic carbocycles. The maximum Gasteiger partial charge on any atom is 0.416 e. The molecule has 0 saturated heterocycles. The van der Waals surface area contributed by atoms with Crippen LogP contribution in [0.5, 0.6) is 0 Å². The fourth-order valence-corrected chi connectivity index (χ4v) is 1.57. The third-order valence-corrected chi connectivity index (χ3v) is 2.12. The lowest BCUT2D eigenvalue weighted by atomic mass is 10.2. The van der Waals surface area contributed by atoms with E-state index in [4.69, 9.17) is 11.6 Å². The van der Waals surface area contributed by atoms with Gasteiger partial charge < -0.3 is 0 Å². The number of aryl methyl sites for hydroxylation is 1. The van der Waals surface area contributed by atoms with E-state index in [0.717, 1.165) is 12.1 Å². The first kappa shape index (κ1) is 11.8. The first-order valence-electron chi connectivity index (χ1n) is 3.73. The highest BCUT2D eigenvalue weighted by Crippen LogP contribution is 2.30. The van der Waals surface area contributed by atoms with Gasteiger partial charge in [0.05, 0.1) is 5.56 Å². The number of aromatic nitrogens is 1. The first-order chi connectivity index (χ1) is 6.43. The van der Waals surface area contributed by atoms with Gasteiger partial charge in [-0.05, 0) is 18.6 Å². The van der Waals surface area contributed by atoms with E-state index in [1.165, 1.54) is 0 Å². The number of halogens is 5. The molecule has 0 amide bonds. The molecular formula is C8H6BrClF3N. The highest BCUT2D eigenvalue weighted by atomic mass is 79.9. The van der Waals surface area contributed by atoms with Crippen molar-refractivity contribution in [1.29, 1.82) is 0 Å². The van der Waals surface area contributed by atoms with Crippen molar-refractivity contribution >= 4 is 27.5 Å². The van der Waals surface area contributed by atoms with E-state index in [1.807, 2.05) is 0 Å². The van der Waals surface area contributed by atoms with E-state index in [2.05, 4.69) is 20.9 Å². The Morgan fingerprint density at radius 2 is 2.00 bits per heavy atom. The lowest BCUT2D eigenvalue weighted by molar-refractivity contribution is -0.137. The summed E-state index contributed by atoms with van der Waals surface area (Å²) in [5, 5.41) is 0.424. The second kappa shape index (κ2) is 4.49. The molecule has 0 radical (unpaired) electrons. The smallest absolute Gasteiger partial charge is 0.241 e.